The fourth-order valence-electron chi connectivity index (χ4n) is 4.01. The average Bonchev–Trinajstić information content (AvgIpc) is 3.45. The molecule has 1 heterocycles. The van der Waals surface area contributed by atoms with E-state index in [1.54, 1.807) is 0 Å². The van der Waals surface area contributed by atoms with Gasteiger partial charge in [-0.3, -0.25) is 4.79 Å². The summed E-state index contributed by atoms with van der Waals surface area (Å²) >= 11 is 0. The fourth-order valence-corrected chi connectivity index (χ4v) is 4.01. The predicted molar refractivity (Wildman–Crippen MR) is 102 cm³/mol. The van der Waals surface area contributed by atoms with Gasteiger partial charge in [-0.15, -0.1) is 0 Å². The zero-order valence-corrected chi connectivity index (χ0v) is 15.4. The molecule has 136 valence electrons. The Hall–Kier alpha value is -2.36. The lowest BCUT2D eigenvalue weighted by Gasteiger charge is -2.37. The van der Waals surface area contributed by atoms with Crippen molar-refractivity contribution in [2.24, 2.45) is 5.92 Å². The van der Waals surface area contributed by atoms with Crippen LogP contribution in [-0.2, 0) is 4.79 Å². The van der Waals surface area contributed by atoms with Gasteiger partial charge in [-0.2, -0.15) is 0 Å². The van der Waals surface area contributed by atoms with Gasteiger partial charge in [-0.05, 0) is 61.1 Å². The molecule has 1 aliphatic heterocycles. The monoisotopic (exact) mass is 352 g/mol. The quantitative estimate of drug-likeness (QED) is 0.837. The minimum atomic E-state index is -0.222. The number of carbonyl (C=O) groups excluding carboxylic acids is 1. The lowest BCUT2D eigenvalue weighted by molar-refractivity contribution is -0.132. The van der Waals surface area contributed by atoms with E-state index in [9.17, 15) is 9.18 Å². The highest BCUT2D eigenvalue weighted by Crippen LogP contribution is 2.48. The van der Waals surface area contributed by atoms with E-state index in [1.165, 1.54) is 28.9 Å². The second-order valence-electron chi connectivity index (χ2n) is 7.60. The molecule has 2 aromatic rings. The topological polar surface area (TPSA) is 23.6 Å². The summed E-state index contributed by atoms with van der Waals surface area (Å²) in [5.74, 6) is 0.382. The lowest BCUT2D eigenvalue weighted by atomic mass is 10.1. The molecule has 4 rings (SSSR count). The Morgan fingerprint density at radius 2 is 1.69 bits per heavy atom. The molecule has 1 saturated heterocycles. The second-order valence-corrected chi connectivity index (χ2v) is 7.60. The molecule has 2 atom stereocenters. The first kappa shape index (κ1) is 17.1. The van der Waals surface area contributed by atoms with Crippen LogP contribution in [0.5, 0.6) is 0 Å². The zero-order valence-electron chi connectivity index (χ0n) is 15.4. The largest absolute Gasteiger partial charge is 0.368 e. The first-order valence-electron chi connectivity index (χ1n) is 9.39. The van der Waals surface area contributed by atoms with Crippen LogP contribution in [0.15, 0.2) is 42.5 Å². The average molecular weight is 352 g/mol. The van der Waals surface area contributed by atoms with Gasteiger partial charge in [0.2, 0.25) is 5.91 Å². The van der Waals surface area contributed by atoms with Gasteiger partial charge < -0.3 is 9.80 Å². The predicted octanol–water partition coefficient (Wildman–Crippen LogP) is 3.89. The van der Waals surface area contributed by atoms with Crippen LogP contribution in [0.2, 0.25) is 0 Å². The molecule has 1 aliphatic carbocycles. The van der Waals surface area contributed by atoms with Gasteiger partial charge in [0.1, 0.15) is 5.82 Å². The van der Waals surface area contributed by atoms with E-state index in [2.05, 4.69) is 36.9 Å². The third-order valence-corrected chi connectivity index (χ3v) is 5.70. The number of carbonyl (C=O) groups is 1. The summed E-state index contributed by atoms with van der Waals surface area (Å²) < 4.78 is 13.1. The van der Waals surface area contributed by atoms with E-state index in [0.29, 0.717) is 0 Å². The molecule has 2 aliphatic rings. The van der Waals surface area contributed by atoms with Gasteiger partial charge in [0.05, 0.1) is 0 Å². The number of hydrogen-bond donors (Lipinski definition) is 0. The molecule has 1 unspecified atom stereocenters. The SMILES string of the molecule is Cc1ccc(C)c(N2CCN(C(=O)C3C[C@H]3c3ccc(F)cc3)CC2)c1. The summed E-state index contributed by atoms with van der Waals surface area (Å²) in [7, 11) is 0. The van der Waals surface area contributed by atoms with Gasteiger partial charge in [-0.25, -0.2) is 4.39 Å². The molecule has 2 aromatic carbocycles. The maximum Gasteiger partial charge on any atom is 0.226 e. The number of benzene rings is 2. The Morgan fingerprint density at radius 1 is 1.00 bits per heavy atom. The van der Waals surface area contributed by atoms with Crippen molar-refractivity contribution in [1.82, 2.24) is 4.90 Å². The van der Waals surface area contributed by atoms with E-state index in [4.69, 9.17) is 0 Å². The van der Waals surface area contributed by atoms with Crippen LogP contribution in [0, 0.1) is 25.6 Å². The highest BCUT2D eigenvalue weighted by atomic mass is 19.1. The Labute approximate surface area is 154 Å². The van der Waals surface area contributed by atoms with Crippen molar-refractivity contribution in [2.45, 2.75) is 26.2 Å². The molecule has 0 N–H and O–H groups in total. The first-order chi connectivity index (χ1) is 12.5. The Morgan fingerprint density at radius 3 is 2.38 bits per heavy atom. The third-order valence-electron chi connectivity index (χ3n) is 5.70. The van der Waals surface area contributed by atoms with E-state index < -0.39 is 0 Å². The highest BCUT2D eigenvalue weighted by molar-refractivity contribution is 5.83. The number of nitrogens with zero attached hydrogens (tertiary/aromatic N) is 2. The van der Waals surface area contributed by atoms with E-state index >= 15 is 0 Å². The molecule has 3 nitrogen and oxygen atoms in total. The molecular formula is C22H25FN2O. The maximum atomic E-state index is 13.1. The van der Waals surface area contributed by atoms with Crippen LogP contribution in [-0.4, -0.2) is 37.0 Å². The zero-order chi connectivity index (χ0) is 18.3. The Balaban J connectivity index is 1.36. The van der Waals surface area contributed by atoms with Gasteiger partial charge in [0, 0.05) is 37.8 Å². The summed E-state index contributed by atoms with van der Waals surface area (Å²) in [6.45, 7) is 7.57. The van der Waals surface area contributed by atoms with Crippen molar-refractivity contribution >= 4 is 11.6 Å². The summed E-state index contributed by atoms with van der Waals surface area (Å²) in [4.78, 5) is 17.2. The molecule has 0 spiro atoms. The van der Waals surface area contributed by atoms with Gasteiger partial charge in [0.25, 0.3) is 0 Å². The molecule has 4 heteroatoms. The molecule has 0 aromatic heterocycles. The minimum Gasteiger partial charge on any atom is -0.368 e. The van der Waals surface area contributed by atoms with Crippen molar-refractivity contribution in [2.75, 3.05) is 31.1 Å². The first-order valence-corrected chi connectivity index (χ1v) is 9.39. The van der Waals surface area contributed by atoms with Gasteiger partial charge in [0.15, 0.2) is 0 Å². The Kier molecular flexibility index (Phi) is 4.43. The van der Waals surface area contributed by atoms with Crippen molar-refractivity contribution in [3.05, 3.63) is 65.0 Å². The molecule has 0 bridgehead atoms. The van der Waals surface area contributed by atoms with Crippen LogP contribution in [0.1, 0.15) is 29.0 Å². The van der Waals surface area contributed by atoms with Crippen molar-refractivity contribution < 1.29 is 9.18 Å². The molecular weight excluding hydrogens is 327 g/mol. The number of piperazine rings is 1. The van der Waals surface area contributed by atoms with Crippen molar-refractivity contribution in [3.63, 3.8) is 0 Å². The molecule has 2 fully saturated rings. The number of rotatable bonds is 3. The highest BCUT2D eigenvalue weighted by Gasteiger charge is 2.46. The summed E-state index contributed by atoms with van der Waals surface area (Å²) in [5.41, 5.74) is 4.92. The van der Waals surface area contributed by atoms with E-state index in [0.717, 1.165) is 38.2 Å². The summed E-state index contributed by atoms with van der Waals surface area (Å²) in [6, 6.07) is 13.1. The summed E-state index contributed by atoms with van der Waals surface area (Å²) in [5, 5.41) is 0. The van der Waals surface area contributed by atoms with E-state index in [-0.39, 0.29) is 23.6 Å². The normalized spacial score (nSPS) is 22.4. The number of aryl methyl sites for hydroxylation is 2. The van der Waals surface area contributed by atoms with Crippen molar-refractivity contribution in [1.29, 1.82) is 0 Å². The van der Waals surface area contributed by atoms with Crippen LogP contribution < -0.4 is 4.90 Å². The standard InChI is InChI=1S/C22H25FN2O/c1-15-3-4-16(2)21(13-15)24-9-11-25(12-10-24)22(26)20-14-19(20)17-5-7-18(23)8-6-17/h3-8,13,19-20H,9-12,14H2,1-2H3/t19-,20?/m0/s1. The number of halogens is 1. The smallest absolute Gasteiger partial charge is 0.226 e. The van der Waals surface area contributed by atoms with E-state index in [1.807, 2.05) is 17.0 Å². The number of anilines is 1. The molecule has 1 saturated carbocycles. The van der Waals surface area contributed by atoms with Crippen LogP contribution in [0.4, 0.5) is 10.1 Å². The molecule has 0 radical (unpaired) electrons. The number of hydrogen-bond acceptors (Lipinski definition) is 2. The Bertz CT molecular complexity index is 809. The fraction of sp³-hybridized carbons (Fsp3) is 0.409. The second kappa shape index (κ2) is 6.75. The van der Waals surface area contributed by atoms with Crippen LogP contribution in [0.25, 0.3) is 0 Å². The van der Waals surface area contributed by atoms with Crippen LogP contribution >= 0.6 is 0 Å². The minimum absolute atomic E-state index is 0.0766. The molecule has 26 heavy (non-hydrogen) atoms. The van der Waals surface area contributed by atoms with Crippen LogP contribution in [0.3, 0.4) is 0 Å². The third kappa shape index (κ3) is 3.33. The maximum absolute atomic E-state index is 13.1. The molecule has 1 amide bonds. The summed E-state index contributed by atoms with van der Waals surface area (Å²) in [6.07, 6.45) is 0.891. The lowest BCUT2D eigenvalue weighted by Crippen LogP contribution is -2.49. The van der Waals surface area contributed by atoms with Gasteiger partial charge >= 0.3 is 0 Å². The van der Waals surface area contributed by atoms with Gasteiger partial charge in [-0.1, -0.05) is 24.3 Å². The van der Waals surface area contributed by atoms with Crippen molar-refractivity contribution in [3.8, 4) is 0 Å². The number of amides is 1.